The van der Waals surface area contributed by atoms with E-state index in [0.717, 1.165) is 18.3 Å². The van der Waals surface area contributed by atoms with E-state index in [2.05, 4.69) is 15.2 Å². The second-order valence-electron chi connectivity index (χ2n) is 6.77. The number of aromatic nitrogens is 1. The number of sulfone groups is 1. The Labute approximate surface area is 149 Å². The molecule has 1 aromatic heterocycles. The summed E-state index contributed by atoms with van der Waals surface area (Å²) in [5.74, 6) is -0.0237. The van der Waals surface area contributed by atoms with Crippen molar-refractivity contribution < 1.29 is 26.4 Å². The van der Waals surface area contributed by atoms with Crippen LogP contribution >= 0.6 is 0 Å². The molecule has 26 heavy (non-hydrogen) atoms. The summed E-state index contributed by atoms with van der Waals surface area (Å²) in [6, 6.07) is 1.87. The number of carbonyl (C=O) groups is 1. The zero-order chi connectivity index (χ0) is 18.9. The molecule has 0 radical (unpaired) electrons. The zero-order valence-corrected chi connectivity index (χ0v) is 14.8. The van der Waals surface area contributed by atoms with Crippen molar-refractivity contribution in [2.75, 3.05) is 24.6 Å². The van der Waals surface area contributed by atoms with Gasteiger partial charge in [0.1, 0.15) is 5.69 Å². The molecule has 6 nitrogen and oxygen atoms in total. The fraction of sp³-hybridized carbons (Fsp3) is 0.625. The predicted octanol–water partition coefficient (Wildman–Crippen LogP) is 1.48. The first-order chi connectivity index (χ1) is 12.1. The summed E-state index contributed by atoms with van der Waals surface area (Å²) >= 11 is 0. The molecule has 2 aliphatic heterocycles. The van der Waals surface area contributed by atoms with Crippen LogP contribution in [-0.2, 0) is 16.0 Å². The van der Waals surface area contributed by atoms with Crippen LogP contribution in [0.15, 0.2) is 18.3 Å². The Balaban J connectivity index is 1.50. The van der Waals surface area contributed by atoms with Gasteiger partial charge in [0.15, 0.2) is 9.84 Å². The van der Waals surface area contributed by atoms with Crippen molar-refractivity contribution in [3.63, 3.8) is 0 Å². The number of pyridine rings is 1. The summed E-state index contributed by atoms with van der Waals surface area (Å²) in [5, 5.41) is 2.82. The maximum Gasteiger partial charge on any atom is 0.433 e. The topological polar surface area (TPSA) is 79.4 Å². The van der Waals surface area contributed by atoms with Crippen LogP contribution in [0.4, 0.5) is 13.2 Å². The van der Waals surface area contributed by atoms with E-state index in [1.54, 1.807) is 0 Å². The van der Waals surface area contributed by atoms with Gasteiger partial charge in [-0.1, -0.05) is 0 Å². The van der Waals surface area contributed by atoms with E-state index < -0.39 is 27.6 Å². The molecule has 0 bridgehead atoms. The fourth-order valence-electron chi connectivity index (χ4n) is 3.44. The molecule has 10 heteroatoms. The van der Waals surface area contributed by atoms with Crippen LogP contribution in [0.5, 0.6) is 0 Å². The highest BCUT2D eigenvalue weighted by Crippen LogP contribution is 2.27. The Bertz CT molecular complexity index is 757. The number of piperidine rings is 1. The molecule has 0 spiro atoms. The second-order valence-corrected chi connectivity index (χ2v) is 9.00. The normalized spacial score (nSPS) is 24.5. The quantitative estimate of drug-likeness (QED) is 0.845. The van der Waals surface area contributed by atoms with E-state index in [1.807, 2.05) is 0 Å². The highest BCUT2D eigenvalue weighted by Gasteiger charge is 2.35. The van der Waals surface area contributed by atoms with Gasteiger partial charge in [-0.25, -0.2) is 8.42 Å². The molecule has 2 aliphatic rings. The number of nitrogens with zero attached hydrogens (tertiary/aromatic N) is 2. The average molecular weight is 391 g/mol. The maximum atomic E-state index is 12.5. The van der Waals surface area contributed by atoms with Gasteiger partial charge >= 0.3 is 6.18 Å². The minimum atomic E-state index is -4.53. The monoisotopic (exact) mass is 391 g/mol. The molecule has 2 fully saturated rings. The van der Waals surface area contributed by atoms with Crippen molar-refractivity contribution in [1.82, 2.24) is 15.2 Å². The number of likely N-dealkylation sites (tertiary alicyclic amines) is 1. The molecule has 2 saturated heterocycles. The lowest BCUT2D eigenvalue weighted by Crippen LogP contribution is -2.48. The number of alkyl halides is 3. The van der Waals surface area contributed by atoms with Gasteiger partial charge in [-0.2, -0.15) is 13.2 Å². The van der Waals surface area contributed by atoms with Crippen molar-refractivity contribution in [2.24, 2.45) is 0 Å². The number of hydrogen-bond acceptors (Lipinski definition) is 5. The number of hydrogen-bond donors (Lipinski definition) is 1. The van der Waals surface area contributed by atoms with Gasteiger partial charge in [0.25, 0.3) is 5.91 Å². The molecule has 0 saturated carbocycles. The number of rotatable bonds is 3. The van der Waals surface area contributed by atoms with Crippen LogP contribution < -0.4 is 5.32 Å². The van der Waals surface area contributed by atoms with Crippen molar-refractivity contribution in [3.05, 3.63) is 29.6 Å². The van der Waals surface area contributed by atoms with Crippen molar-refractivity contribution in [3.8, 4) is 0 Å². The van der Waals surface area contributed by atoms with Crippen LogP contribution in [0, 0.1) is 0 Å². The molecule has 0 unspecified atom stereocenters. The van der Waals surface area contributed by atoms with E-state index >= 15 is 0 Å². The summed E-state index contributed by atoms with van der Waals surface area (Å²) in [7, 11) is -2.93. The Morgan fingerprint density at radius 3 is 2.38 bits per heavy atom. The molecule has 1 N–H and O–H groups in total. The third-order valence-corrected chi connectivity index (χ3v) is 6.66. The highest BCUT2D eigenvalue weighted by molar-refractivity contribution is 7.91. The van der Waals surface area contributed by atoms with E-state index in [0.29, 0.717) is 32.4 Å². The van der Waals surface area contributed by atoms with Crippen molar-refractivity contribution in [2.45, 2.75) is 37.5 Å². The summed E-state index contributed by atoms with van der Waals surface area (Å²) in [6.07, 6.45) is -1.60. The van der Waals surface area contributed by atoms with Gasteiger partial charge in [0.2, 0.25) is 0 Å². The van der Waals surface area contributed by atoms with Crippen molar-refractivity contribution in [1.29, 1.82) is 0 Å². The molecule has 3 heterocycles. The summed E-state index contributed by atoms with van der Waals surface area (Å²) in [5.41, 5.74) is -0.948. The third-order valence-electron chi connectivity index (χ3n) is 4.91. The standard InChI is InChI=1S/C16H20F3N3O3S/c17-16(18,19)14-2-1-11(9-20-14)15(23)21-12-3-6-22(7-4-12)13-5-8-26(24,25)10-13/h1-2,9,12-13H,3-8,10H2,(H,21,23)/t13-/m0/s1. The molecule has 0 aliphatic carbocycles. The lowest BCUT2D eigenvalue weighted by atomic mass is 10.0. The Morgan fingerprint density at radius 1 is 1.19 bits per heavy atom. The first kappa shape index (κ1) is 19.1. The summed E-state index contributed by atoms with van der Waals surface area (Å²) in [4.78, 5) is 17.6. The van der Waals surface area contributed by atoms with Crippen LogP contribution in [-0.4, -0.2) is 60.9 Å². The molecular weight excluding hydrogens is 371 g/mol. The maximum absolute atomic E-state index is 12.5. The summed E-state index contributed by atoms with van der Waals surface area (Å²) in [6.45, 7) is 1.38. The van der Waals surface area contributed by atoms with Gasteiger partial charge in [-0.3, -0.25) is 14.7 Å². The van der Waals surface area contributed by atoms with Crippen LogP contribution in [0.3, 0.4) is 0 Å². The Hall–Kier alpha value is -1.68. The number of carbonyl (C=O) groups excluding carboxylic acids is 1. The zero-order valence-electron chi connectivity index (χ0n) is 14.0. The van der Waals surface area contributed by atoms with Crippen molar-refractivity contribution >= 4 is 15.7 Å². The van der Waals surface area contributed by atoms with Gasteiger partial charge in [-0.05, 0) is 31.4 Å². The Kier molecular flexibility index (Phi) is 5.25. The lowest BCUT2D eigenvalue weighted by Gasteiger charge is -2.35. The van der Waals surface area contributed by atoms with Gasteiger partial charge < -0.3 is 5.32 Å². The SMILES string of the molecule is O=C(NC1CCN([C@H]2CCS(=O)(=O)C2)CC1)c1ccc(C(F)(F)F)nc1. The third kappa shape index (κ3) is 4.53. The van der Waals surface area contributed by atoms with Gasteiger partial charge in [0.05, 0.1) is 17.1 Å². The minimum Gasteiger partial charge on any atom is -0.349 e. The highest BCUT2D eigenvalue weighted by atomic mass is 32.2. The van der Waals surface area contributed by atoms with E-state index in [9.17, 15) is 26.4 Å². The van der Waals surface area contributed by atoms with Crippen LogP contribution in [0.1, 0.15) is 35.3 Å². The largest absolute Gasteiger partial charge is 0.433 e. The first-order valence-corrected chi connectivity index (χ1v) is 10.2. The lowest BCUT2D eigenvalue weighted by molar-refractivity contribution is -0.141. The molecule has 1 amide bonds. The number of halogens is 3. The van der Waals surface area contributed by atoms with Crippen LogP contribution in [0.2, 0.25) is 0 Å². The second kappa shape index (κ2) is 7.15. The van der Waals surface area contributed by atoms with E-state index in [-0.39, 0.29) is 29.2 Å². The Morgan fingerprint density at radius 2 is 1.88 bits per heavy atom. The molecule has 3 rings (SSSR count). The molecule has 144 valence electrons. The molecule has 1 atom stereocenters. The van der Waals surface area contributed by atoms with E-state index in [1.165, 1.54) is 0 Å². The van der Waals surface area contributed by atoms with E-state index in [4.69, 9.17) is 0 Å². The fourth-order valence-corrected chi connectivity index (χ4v) is 5.20. The average Bonchev–Trinajstić information content (AvgIpc) is 2.95. The van der Waals surface area contributed by atoms with Gasteiger partial charge in [0, 0.05) is 31.4 Å². The smallest absolute Gasteiger partial charge is 0.349 e. The van der Waals surface area contributed by atoms with Gasteiger partial charge in [-0.15, -0.1) is 0 Å². The molecule has 1 aromatic rings. The minimum absolute atomic E-state index is 0.0516. The molecular formula is C16H20F3N3O3S. The molecule has 0 aromatic carbocycles. The van der Waals surface area contributed by atoms with Crippen LogP contribution in [0.25, 0.3) is 0 Å². The predicted molar refractivity (Wildman–Crippen MR) is 88.4 cm³/mol. The summed E-state index contributed by atoms with van der Waals surface area (Å²) < 4.78 is 60.7. The number of nitrogens with one attached hydrogen (secondary N) is 1. The number of amides is 1. The first-order valence-electron chi connectivity index (χ1n) is 8.43.